The number of carbonyl (C=O) groups excluding carboxylic acids is 1. The number of oxazole rings is 1. The van der Waals surface area contributed by atoms with E-state index >= 15 is 0 Å². The molecule has 0 saturated heterocycles. The zero-order chi connectivity index (χ0) is 28.6. The van der Waals surface area contributed by atoms with Crippen molar-refractivity contribution < 1.29 is 28.6 Å². The van der Waals surface area contributed by atoms with Gasteiger partial charge in [-0.1, -0.05) is 18.2 Å². The number of hydrogen-bond donors (Lipinski definition) is 2. The number of carboxylic acids is 1. The van der Waals surface area contributed by atoms with E-state index in [-0.39, 0.29) is 18.9 Å². The molecule has 0 fully saturated rings. The molecule has 2 heterocycles. The lowest BCUT2D eigenvalue weighted by molar-refractivity contribution is -0.149. The molecule has 0 aliphatic carbocycles. The Bertz CT molecular complexity index is 1450. The summed E-state index contributed by atoms with van der Waals surface area (Å²) in [6.45, 7) is 5.63. The van der Waals surface area contributed by atoms with Crippen LogP contribution in [-0.2, 0) is 27.2 Å². The van der Waals surface area contributed by atoms with Crippen LogP contribution < -0.4 is 10.5 Å². The van der Waals surface area contributed by atoms with E-state index in [1.807, 2.05) is 31.2 Å². The van der Waals surface area contributed by atoms with E-state index in [0.717, 1.165) is 16.8 Å². The largest absolute Gasteiger partial charge is 0.493 e. The number of nitrogens with zero attached hydrogens (tertiary/aromatic N) is 3. The number of aliphatic carboxylic acids is 1. The van der Waals surface area contributed by atoms with Crippen LogP contribution in [0.3, 0.4) is 0 Å². The molecule has 0 bridgehead atoms. The third-order valence-corrected chi connectivity index (χ3v) is 6.12. The van der Waals surface area contributed by atoms with Crippen LogP contribution in [0, 0.1) is 6.92 Å². The maximum atomic E-state index is 12.5. The van der Waals surface area contributed by atoms with Crippen LogP contribution >= 0.6 is 0 Å². The van der Waals surface area contributed by atoms with Crippen LogP contribution in [-0.4, -0.2) is 44.7 Å². The van der Waals surface area contributed by atoms with Gasteiger partial charge in [0.2, 0.25) is 5.89 Å². The Hall–Kier alpha value is -4.57. The Kier molecular flexibility index (Phi) is 9.23. The van der Waals surface area contributed by atoms with Crippen LogP contribution in [0.25, 0.3) is 22.8 Å². The summed E-state index contributed by atoms with van der Waals surface area (Å²) < 4.78 is 17.1. The van der Waals surface area contributed by atoms with Gasteiger partial charge in [0.1, 0.15) is 17.6 Å². The molecular formula is C30H32N4O6. The van der Waals surface area contributed by atoms with Gasteiger partial charge in [-0.05, 0) is 68.7 Å². The van der Waals surface area contributed by atoms with Crippen molar-refractivity contribution in [2.24, 2.45) is 5.73 Å². The maximum absolute atomic E-state index is 12.5. The van der Waals surface area contributed by atoms with Gasteiger partial charge in [0.25, 0.3) is 0 Å². The Morgan fingerprint density at radius 2 is 1.73 bits per heavy atom. The highest BCUT2D eigenvalue weighted by Crippen LogP contribution is 2.27. The average Bonchev–Trinajstić information content (AvgIpc) is 3.32. The number of aryl methyl sites for hydroxylation is 2. The molecule has 0 amide bonds. The predicted octanol–water partition coefficient (Wildman–Crippen LogP) is 4.70. The van der Waals surface area contributed by atoms with E-state index < -0.39 is 18.0 Å². The molecule has 3 N–H and O–H groups in total. The van der Waals surface area contributed by atoms with Crippen LogP contribution in [0.4, 0.5) is 0 Å². The van der Waals surface area contributed by atoms with Crippen LogP contribution in [0.2, 0.25) is 0 Å². The molecule has 0 aliphatic rings. The Labute approximate surface area is 232 Å². The van der Waals surface area contributed by atoms with Gasteiger partial charge < -0.3 is 24.7 Å². The summed E-state index contributed by atoms with van der Waals surface area (Å²) in [5.41, 5.74) is 9.83. The highest BCUT2D eigenvalue weighted by molar-refractivity contribution is 5.78. The number of hydrogen-bond acceptors (Lipinski definition) is 9. The van der Waals surface area contributed by atoms with Crippen molar-refractivity contribution >= 4 is 11.9 Å². The first-order chi connectivity index (χ1) is 19.2. The lowest BCUT2D eigenvalue weighted by Crippen LogP contribution is -2.27. The summed E-state index contributed by atoms with van der Waals surface area (Å²) >= 11 is 0. The Morgan fingerprint density at radius 1 is 1.02 bits per heavy atom. The van der Waals surface area contributed by atoms with E-state index in [0.29, 0.717) is 47.4 Å². The molecule has 0 aliphatic heterocycles. The van der Waals surface area contributed by atoms with Crippen molar-refractivity contribution in [3.63, 3.8) is 0 Å². The highest BCUT2D eigenvalue weighted by Gasteiger charge is 2.23. The van der Waals surface area contributed by atoms with Gasteiger partial charge in [0.05, 0.1) is 18.4 Å². The SMILES string of the molecule is Cc1oc(-c2ccc(-c3ncccn3)cc2)nc1CCOc1ccc(CCC(=O)O)c(C(N)C(=O)OC(C)C)c1. The molecule has 0 radical (unpaired) electrons. The average molecular weight is 545 g/mol. The minimum Gasteiger partial charge on any atom is -0.493 e. The molecule has 2 aromatic carbocycles. The van der Waals surface area contributed by atoms with Gasteiger partial charge in [0, 0.05) is 36.4 Å². The monoisotopic (exact) mass is 544 g/mol. The van der Waals surface area contributed by atoms with Crippen LogP contribution in [0.5, 0.6) is 5.75 Å². The molecule has 40 heavy (non-hydrogen) atoms. The lowest BCUT2D eigenvalue weighted by Gasteiger charge is -2.18. The summed E-state index contributed by atoms with van der Waals surface area (Å²) in [6.07, 6.45) is 3.70. The standard InChI is InChI=1S/C30H32N4O6/c1-18(2)39-30(37)27(31)24-17-23(11-9-20(24)10-12-26(35)36)38-16-13-25-19(3)40-29(34-25)22-7-5-21(6-8-22)28-32-14-4-15-33-28/h4-9,11,14-15,17-18,27H,10,12-13,16,31H2,1-3H3,(H,35,36). The van der Waals surface area contributed by atoms with E-state index in [2.05, 4.69) is 15.0 Å². The van der Waals surface area contributed by atoms with Crippen molar-refractivity contribution in [3.05, 3.63) is 83.5 Å². The fourth-order valence-corrected chi connectivity index (χ4v) is 4.11. The van der Waals surface area contributed by atoms with E-state index in [1.54, 1.807) is 50.5 Å². The Balaban J connectivity index is 1.43. The number of aromatic nitrogens is 3. The third-order valence-electron chi connectivity index (χ3n) is 6.12. The number of benzene rings is 2. The van der Waals surface area contributed by atoms with Crippen molar-refractivity contribution in [1.29, 1.82) is 0 Å². The Morgan fingerprint density at radius 3 is 2.40 bits per heavy atom. The first-order valence-electron chi connectivity index (χ1n) is 13.0. The number of carboxylic acid groups (broad SMARTS) is 1. The minimum absolute atomic E-state index is 0.0876. The molecule has 4 aromatic rings. The molecule has 1 atom stereocenters. The number of esters is 1. The van der Waals surface area contributed by atoms with Gasteiger partial charge in [-0.3, -0.25) is 4.79 Å². The lowest BCUT2D eigenvalue weighted by atomic mass is 9.97. The molecular weight excluding hydrogens is 512 g/mol. The molecule has 1 unspecified atom stereocenters. The van der Waals surface area contributed by atoms with Gasteiger partial charge in [-0.2, -0.15) is 0 Å². The van der Waals surface area contributed by atoms with Gasteiger partial charge in [-0.25, -0.2) is 19.7 Å². The van der Waals surface area contributed by atoms with Crippen molar-refractivity contribution in [2.45, 2.75) is 52.2 Å². The molecule has 10 heteroatoms. The molecule has 10 nitrogen and oxygen atoms in total. The van der Waals surface area contributed by atoms with Crippen LogP contribution in [0.1, 0.15) is 48.9 Å². The fraction of sp³-hybridized carbons (Fsp3) is 0.300. The first kappa shape index (κ1) is 28.4. The third kappa shape index (κ3) is 7.29. The second-order valence-corrected chi connectivity index (χ2v) is 9.49. The molecule has 2 aromatic heterocycles. The van der Waals surface area contributed by atoms with Gasteiger partial charge >= 0.3 is 11.9 Å². The van der Waals surface area contributed by atoms with Crippen molar-refractivity contribution in [1.82, 2.24) is 15.0 Å². The quantitative estimate of drug-likeness (QED) is 0.240. The summed E-state index contributed by atoms with van der Waals surface area (Å²) in [6, 6.07) is 13.5. The number of ether oxygens (including phenoxy) is 2. The normalized spacial score (nSPS) is 11.8. The molecule has 208 valence electrons. The molecule has 4 rings (SSSR count). The minimum atomic E-state index is -1.06. The summed E-state index contributed by atoms with van der Waals surface area (Å²) in [7, 11) is 0. The topological polar surface area (TPSA) is 151 Å². The summed E-state index contributed by atoms with van der Waals surface area (Å²) in [5.74, 6) is 0.824. The van der Waals surface area contributed by atoms with E-state index in [9.17, 15) is 9.59 Å². The van der Waals surface area contributed by atoms with E-state index in [1.165, 1.54) is 0 Å². The maximum Gasteiger partial charge on any atom is 0.327 e. The molecule has 0 saturated carbocycles. The predicted molar refractivity (Wildman–Crippen MR) is 147 cm³/mol. The van der Waals surface area contributed by atoms with Crippen molar-refractivity contribution in [2.75, 3.05) is 6.61 Å². The smallest absolute Gasteiger partial charge is 0.327 e. The van der Waals surface area contributed by atoms with Gasteiger partial charge in [-0.15, -0.1) is 0 Å². The number of rotatable bonds is 12. The number of nitrogens with two attached hydrogens (primary N) is 1. The highest BCUT2D eigenvalue weighted by atomic mass is 16.5. The number of carbonyl (C=O) groups is 2. The van der Waals surface area contributed by atoms with Crippen molar-refractivity contribution in [3.8, 4) is 28.6 Å². The molecule has 0 spiro atoms. The first-order valence-corrected chi connectivity index (χ1v) is 13.0. The summed E-state index contributed by atoms with van der Waals surface area (Å²) in [4.78, 5) is 36.8. The second kappa shape index (κ2) is 13.0. The van der Waals surface area contributed by atoms with Gasteiger partial charge in [0.15, 0.2) is 5.82 Å². The fourth-order valence-electron chi connectivity index (χ4n) is 4.11. The van der Waals surface area contributed by atoms with E-state index in [4.69, 9.17) is 24.7 Å². The van der Waals surface area contributed by atoms with Crippen LogP contribution in [0.15, 0.2) is 65.3 Å². The summed E-state index contributed by atoms with van der Waals surface area (Å²) in [5, 5.41) is 9.10. The zero-order valence-corrected chi connectivity index (χ0v) is 22.7. The second-order valence-electron chi connectivity index (χ2n) is 9.49. The zero-order valence-electron chi connectivity index (χ0n) is 22.7.